The molecule has 6 nitrogen and oxygen atoms in total. The van der Waals surface area contributed by atoms with Gasteiger partial charge in [-0.1, -0.05) is 12.1 Å². The minimum atomic E-state index is -4.52. The number of alkyl halides is 3. The lowest BCUT2D eigenvalue weighted by molar-refractivity contribution is -0.131. The minimum Gasteiger partial charge on any atom is -0.343 e. The van der Waals surface area contributed by atoms with Crippen molar-refractivity contribution in [3.8, 4) is 0 Å². The van der Waals surface area contributed by atoms with E-state index in [4.69, 9.17) is 0 Å². The number of halogens is 5. The van der Waals surface area contributed by atoms with Gasteiger partial charge in [-0.3, -0.25) is 14.4 Å². The molecule has 3 rings (SSSR count). The zero-order valence-corrected chi connectivity index (χ0v) is 17.2. The number of carbonyl (C=O) groups is 3. The van der Waals surface area contributed by atoms with Crippen LogP contribution >= 0.6 is 0 Å². The third-order valence-electron chi connectivity index (χ3n) is 4.90. The van der Waals surface area contributed by atoms with Crippen LogP contribution in [0.4, 0.5) is 22.0 Å². The number of carbonyl (C=O) groups excluding carboxylic acids is 3. The van der Waals surface area contributed by atoms with Crippen LogP contribution in [0.5, 0.6) is 0 Å². The summed E-state index contributed by atoms with van der Waals surface area (Å²) in [5.74, 6) is -4.02. The summed E-state index contributed by atoms with van der Waals surface area (Å²) in [5, 5.41) is 4.10. The summed E-state index contributed by atoms with van der Waals surface area (Å²) in [5.41, 5.74) is 0.293. The zero-order chi connectivity index (χ0) is 24.2. The molecule has 0 bridgehead atoms. The van der Waals surface area contributed by atoms with Crippen LogP contribution in [-0.2, 0) is 11.3 Å². The van der Waals surface area contributed by atoms with Gasteiger partial charge >= 0.3 is 6.18 Å². The number of amides is 3. The molecule has 1 aliphatic carbocycles. The predicted molar refractivity (Wildman–Crippen MR) is 107 cm³/mol. The maximum atomic E-state index is 13.7. The molecule has 0 aromatic heterocycles. The molecular formula is C22H20F5N3O3. The first kappa shape index (κ1) is 24.1. The lowest BCUT2D eigenvalue weighted by Crippen LogP contribution is -2.41. The average molecular weight is 469 g/mol. The molecule has 0 unspecified atom stereocenters. The maximum absolute atomic E-state index is 13.7. The fraction of sp³-hybridized carbons (Fsp3) is 0.318. The molecular weight excluding hydrogens is 449 g/mol. The standard InChI is InChI=1S/C22H20F5N3O3/c23-15-5-8-17(18(24)9-15)21(33)28-10-19(31)30(16-6-7-16)11-13-1-3-14(4-2-13)20(32)29-12-22(25,26)27/h1-5,8-9,16H,6-7,10-12H2,(H,28,33)(H,29,32). The highest BCUT2D eigenvalue weighted by atomic mass is 19.4. The molecule has 11 heteroatoms. The molecule has 0 saturated heterocycles. The second kappa shape index (κ2) is 9.97. The van der Waals surface area contributed by atoms with Gasteiger partial charge in [0.1, 0.15) is 18.2 Å². The number of nitrogens with one attached hydrogen (secondary N) is 2. The number of nitrogens with zero attached hydrogens (tertiary/aromatic N) is 1. The van der Waals surface area contributed by atoms with Gasteiger partial charge in [-0.15, -0.1) is 0 Å². The number of hydrogen-bond acceptors (Lipinski definition) is 3. The third kappa shape index (κ3) is 6.99. The summed E-state index contributed by atoms with van der Waals surface area (Å²) in [6.07, 6.45) is -2.98. The fourth-order valence-corrected chi connectivity index (χ4v) is 3.07. The van der Waals surface area contributed by atoms with Crippen LogP contribution in [0.3, 0.4) is 0 Å². The fourth-order valence-electron chi connectivity index (χ4n) is 3.07. The van der Waals surface area contributed by atoms with E-state index in [2.05, 4.69) is 5.32 Å². The normalized spacial score (nSPS) is 13.4. The number of benzene rings is 2. The topological polar surface area (TPSA) is 78.5 Å². The quantitative estimate of drug-likeness (QED) is 0.583. The minimum absolute atomic E-state index is 0.0354. The number of rotatable bonds is 8. The van der Waals surface area contributed by atoms with E-state index in [1.54, 1.807) is 5.32 Å². The molecule has 2 N–H and O–H groups in total. The molecule has 1 aliphatic rings. The Balaban J connectivity index is 1.57. The molecule has 1 saturated carbocycles. The first-order valence-corrected chi connectivity index (χ1v) is 10.00. The van der Waals surface area contributed by atoms with Crippen LogP contribution < -0.4 is 10.6 Å². The van der Waals surface area contributed by atoms with Gasteiger partial charge in [0.15, 0.2) is 0 Å². The second-order valence-electron chi connectivity index (χ2n) is 7.55. The average Bonchev–Trinajstić information content (AvgIpc) is 3.59. The molecule has 2 aromatic carbocycles. The first-order valence-electron chi connectivity index (χ1n) is 10.00. The Morgan fingerprint density at radius 1 is 0.939 bits per heavy atom. The van der Waals surface area contributed by atoms with Crippen molar-refractivity contribution in [1.82, 2.24) is 15.5 Å². The highest BCUT2D eigenvalue weighted by Gasteiger charge is 2.33. The Morgan fingerprint density at radius 2 is 1.61 bits per heavy atom. The lowest BCUT2D eigenvalue weighted by Gasteiger charge is -2.23. The summed E-state index contributed by atoms with van der Waals surface area (Å²) in [7, 11) is 0. The van der Waals surface area contributed by atoms with Gasteiger partial charge in [0.05, 0.1) is 12.1 Å². The summed E-state index contributed by atoms with van der Waals surface area (Å²) in [6.45, 7) is -1.68. The van der Waals surface area contributed by atoms with Crippen molar-refractivity contribution in [3.63, 3.8) is 0 Å². The van der Waals surface area contributed by atoms with E-state index in [-0.39, 0.29) is 23.7 Å². The molecule has 3 amide bonds. The largest absolute Gasteiger partial charge is 0.405 e. The highest BCUT2D eigenvalue weighted by Crippen LogP contribution is 2.28. The van der Waals surface area contributed by atoms with E-state index in [0.717, 1.165) is 25.0 Å². The summed E-state index contributed by atoms with van der Waals surface area (Å²) >= 11 is 0. The van der Waals surface area contributed by atoms with Gasteiger partial charge < -0.3 is 15.5 Å². The van der Waals surface area contributed by atoms with Gasteiger partial charge in [-0.2, -0.15) is 13.2 Å². The van der Waals surface area contributed by atoms with Crippen molar-refractivity contribution in [2.24, 2.45) is 0 Å². The summed E-state index contributed by atoms with van der Waals surface area (Å²) < 4.78 is 63.4. The monoisotopic (exact) mass is 469 g/mol. The Hall–Kier alpha value is -3.50. The van der Waals surface area contributed by atoms with Gasteiger partial charge in [0.25, 0.3) is 11.8 Å². The molecule has 176 valence electrons. The molecule has 0 atom stereocenters. The van der Waals surface area contributed by atoms with E-state index < -0.39 is 48.6 Å². The van der Waals surface area contributed by atoms with Gasteiger partial charge in [0.2, 0.25) is 5.91 Å². The van der Waals surface area contributed by atoms with Crippen molar-refractivity contribution >= 4 is 17.7 Å². The molecule has 0 radical (unpaired) electrons. The molecule has 2 aromatic rings. The predicted octanol–water partition coefficient (Wildman–Crippen LogP) is 3.18. The van der Waals surface area contributed by atoms with Crippen LogP contribution in [0, 0.1) is 11.6 Å². The van der Waals surface area contributed by atoms with E-state index in [1.165, 1.54) is 29.2 Å². The SMILES string of the molecule is O=C(NCC(F)(F)F)c1ccc(CN(C(=O)CNC(=O)c2ccc(F)cc2F)C2CC2)cc1. The third-order valence-corrected chi connectivity index (χ3v) is 4.90. The van der Waals surface area contributed by atoms with Gasteiger partial charge in [0, 0.05) is 24.2 Å². The van der Waals surface area contributed by atoms with Crippen LogP contribution in [0.1, 0.15) is 39.1 Å². The molecule has 0 heterocycles. The van der Waals surface area contributed by atoms with Crippen LogP contribution in [0.15, 0.2) is 42.5 Å². The van der Waals surface area contributed by atoms with E-state index in [9.17, 15) is 36.3 Å². The Labute approximate surface area is 185 Å². The summed E-state index contributed by atoms with van der Waals surface area (Å²) in [6, 6.07) is 8.21. The van der Waals surface area contributed by atoms with Crippen molar-refractivity contribution in [2.75, 3.05) is 13.1 Å². The maximum Gasteiger partial charge on any atom is 0.405 e. The van der Waals surface area contributed by atoms with Crippen molar-refractivity contribution in [2.45, 2.75) is 31.6 Å². The Morgan fingerprint density at radius 3 is 2.18 bits per heavy atom. The Bertz CT molecular complexity index is 1040. The van der Waals surface area contributed by atoms with E-state index in [0.29, 0.717) is 11.6 Å². The van der Waals surface area contributed by atoms with Crippen molar-refractivity contribution < 1.29 is 36.3 Å². The second-order valence-corrected chi connectivity index (χ2v) is 7.55. The molecule has 1 fully saturated rings. The molecule has 0 spiro atoms. The Kier molecular flexibility index (Phi) is 7.29. The zero-order valence-electron chi connectivity index (χ0n) is 17.2. The van der Waals surface area contributed by atoms with Gasteiger partial charge in [-0.25, -0.2) is 8.78 Å². The van der Waals surface area contributed by atoms with E-state index in [1.807, 2.05) is 0 Å². The van der Waals surface area contributed by atoms with E-state index >= 15 is 0 Å². The molecule has 33 heavy (non-hydrogen) atoms. The van der Waals surface area contributed by atoms with Gasteiger partial charge in [-0.05, 0) is 42.7 Å². The number of hydrogen-bond donors (Lipinski definition) is 2. The van der Waals surface area contributed by atoms with Crippen molar-refractivity contribution in [1.29, 1.82) is 0 Å². The van der Waals surface area contributed by atoms with Crippen molar-refractivity contribution in [3.05, 3.63) is 70.8 Å². The first-order chi connectivity index (χ1) is 15.5. The summed E-state index contributed by atoms with van der Waals surface area (Å²) in [4.78, 5) is 38.1. The molecule has 0 aliphatic heterocycles. The highest BCUT2D eigenvalue weighted by molar-refractivity contribution is 5.96. The van der Waals surface area contributed by atoms with Crippen LogP contribution in [0.25, 0.3) is 0 Å². The lowest BCUT2D eigenvalue weighted by atomic mass is 10.1. The van der Waals surface area contributed by atoms with Crippen LogP contribution in [0.2, 0.25) is 0 Å². The smallest absolute Gasteiger partial charge is 0.343 e. The van der Waals surface area contributed by atoms with Crippen LogP contribution in [-0.4, -0.2) is 47.9 Å².